The van der Waals surface area contributed by atoms with E-state index in [0.717, 1.165) is 31.5 Å². The number of hydrogen-bond acceptors (Lipinski definition) is 3. The fraction of sp³-hybridized carbons (Fsp3) is 0.625. The predicted octanol–water partition coefficient (Wildman–Crippen LogP) is 3.61. The lowest BCUT2D eigenvalue weighted by atomic mass is 10.0. The second-order valence-corrected chi connectivity index (χ2v) is 7.62. The van der Waals surface area contributed by atoms with Gasteiger partial charge in [0.2, 0.25) is 10.0 Å². The smallest absolute Gasteiger partial charge is 0.240 e. The lowest BCUT2D eigenvalue weighted by Crippen LogP contribution is -2.32. The summed E-state index contributed by atoms with van der Waals surface area (Å²) in [6.07, 6.45) is 3.04. The summed E-state index contributed by atoms with van der Waals surface area (Å²) in [6.45, 7) is 9.11. The van der Waals surface area contributed by atoms with Gasteiger partial charge in [0.1, 0.15) is 0 Å². The minimum absolute atomic E-state index is 0.0396. The molecule has 1 atom stereocenters. The molecule has 1 aromatic carbocycles. The largest absolute Gasteiger partial charge is 0.385 e. The molecule has 0 amide bonds. The normalized spacial score (nSPS) is 13.4. The van der Waals surface area contributed by atoms with Gasteiger partial charge in [-0.05, 0) is 50.5 Å². The second kappa shape index (κ2) is 8.39. The van der Waals surface area contributed by atoms with Crippen LogP contribution in [0.25, 0.3) is 0 Å². The first-order chi connectivity index (χ1) is 9.85. The van der Waals surface area contributed by atoms with Gasteiger partial charge in [-0.3, -0.25) is 0 Å². The molecule has 0 fully saturated rings. The summed E-state index contributed by atoms with van der Waals surface area (Å²) >= 11 is 0. The summed E-state index contributed by atoms with van der Waals surface area (Å²) in [5.74, 6) is 0.660. The third-order valence-electron chi connectivity index (χ3n) is 3.32. The molecule has 0 aliphatic carbocycles. The zero-order valence-corrected chi connectivity index (χ0v) is 14.3. The highest BCUT2D eigenvalue weighted by Gasteiger charge is 2.17. The van der Waals surface area contributed by atoms with Crippen LogP contribution in [-0.4, -0.2) is 21.0 Å². The number of nitrogens with one attached hydrogen (secondary N) is 2. The van der Waals surface area contributed by atoms with Crippen LogP contribution in [0.15, 0.2) is 29.2 Å². The van der Waals surface area contributed by atoms with E-state index in [-0.39, 0.29) is 6.04 Å². The molecule has 1 unspecified atom stereocenters. The Kier molecular flexibility index (Phi) is 7.18. The van der Waals surface area contributed by atoms with Gasteiger partial charge in [0.25, 0.3) is 0 Å². The first-order valence-corrected chi connectivity index (χ1v) is 9.19. The van der Waals surface area contributed by atoms with Crippen molar-refractivity contribution in [3.05, 3.63) is 24.3 Å². The van der Waals surface area contributed by atoms with E-state index < -0.39 is 10.0 Å². The molecule has 21 heavy (non-hydrogen) atoms. The number of sulfonamides is 1. The monoisotopic (exact) mass is 312 g/mol. The fourth-order valence-electron chi connectivity index (χ4n) is 2.18. The molecule has 0 heterocycles. The first-order valence-electron chi connectivity index (χ1n) is 7.71. The Balaban J connectivity index is 2.59. The maximum Gasteiger partial charge on any atom is 0.240 e. The van der Waals surface area contributed by atoms with Crippen molar-refractivity contribution < 1.29 is 8.42 Å². The Hall–Kier alpha value is -1.07. The van der Waals surface area contributed by atoms with Crippen LogP contribution in [-0.2, 0) is 10.0 Å². The molecule has 0 aliphatic rings. The van der Waals surface area contributed by atoms with E-state index in [0.29, 0.717) is 10.8 Å². The lowest BCUT2D eigenvalue weighted by Gasteiger charge is -2.15. The molecule has 0 saturated heterocycles. The van der Waals surface area contributed by atoms with Gasteiger partial charge in [-0.2, -0.15) is 0 Å². The molecule has 0 bridgehead atoms. The van der Waals surface area contributed by atoms with Crippen molar-refractivity contribution >= 4 is 15.7 Å². The number of rotatable bonds is 9. The van der Waals surface area contributed by atoms with Gasteiger partial charge < -0.3 is 5.32 Å². The van der Waals surface area contributed by atoms with Crippen molar-refractivity contribution in [2.24, 2.45) is 5.92 Å². The number of benzene rings is 1. The van der Waals surface area contributed by atoms with Gasteiger partial charge in [-0.25, -0.2) is 13.1 Å². The Morgan fingerprint density at radius 3 is 2.19 bits per heavy atom. The Morgan fingerprint density at radius 1 is 1.05 bits per heavy atom. The topological polar surface area (TPSA) is 58.2 Å². The molecule has 1 aromatic rings. The van der Waals surface area contributed by atoms with Gasteiger partial charge in [0.15, 0.2) is 0 Å². The molecule has 120 valence electrons. The van der Waals surface area contributed by atoms with Crippen molar-refractivity contribution in [2.75, 3.05) is 11.9 Å². The summed E-state index contributed by atoms with van der Waals surface area (Å²) < 4.78 is 27.3. The SMILES string of the molecule is CCNc1ccc(S(=O)(=O)NC(C)CCCC(C)C)cc1. The Labute approximate surface area is 129 Å². The molecule has 0 aliphatic heterocycles. The summed E-state index contributed by atoms with van der Waals surface area (Å²) in [5, 5.41) is 3.15. The van der Waals surface area contributed by atoms with Crippen molar-refractivity contribution in [2.45, 2.75) is 57.9 Å². The van der Waals surface area contributed by atoms with Crippen LogP contribution >= 0.6 is 0 Å². The molecular formula is C16H28N2O2S. The van der Waals surface area contributed by atoms with E-state index in [9.17, 15) is 8.42 Å². The van der Waals surface area contributed by atoms with Gasteiger partial charge in [0, 0.05) is 18.3 Å². The number of anilines is 1. The standard InChI is InChI=1S/C16H28N2O2S/c1-5-17-15-9-11-16(12-10-15)21(19,20)18-14(4)8-6-7-13(2)3/h9-14,17-18H,5-8H2,1-4H3. The van der Waals surface area contributed by atoms with Crippen LogP contribution in [0.1, 0.15) is 47.0 Å². The van der Waals surface area contributed by atoms with Crippen LogP contribution in [0.2, 0.25) is 0 Å². The van der Waals surface area contributed by atoms with Crippen molar-refractivity contribution in [1.29, 1.82) is 0 Å². The molecule has 1 rings (SSSR count). The molecular weight excluding hydrogens is 284 g/mol. The minimum Gasteiger partial charge on any atom is -0.385 e. The summed E-state index contributed by atoms with van der Waals surface area (Å²) in [4.78, 5) is 0.319. The number of hydrogen-bond donors (Lipinski definition) is 2. The van der Waals surface area contributed by atoms with Gasteiger partial charge in [-0.15, -0.1) is 0 Å². The van der Waals surface area contributed by atoms with E-state index in [4.69, 9.17) is 0 Å². The molecule has 4 nitrogen and oxygen atoms in total. The third-order valence-corrected chi connectivity index (χ3v) is 4.93. The van der Waals surface area contributed by atoms with Gasteiger partial charge >= 0.3 is 0 Å². The third kappa shape index (κ3) is 6.48. The van der Waals surface area contributed by atoms with Crippen LogP contribution in [0, 0.1) is 5.92 Å². The molecule has 0 radical (unpaired) electrons. The van der Waals surface area contributed by atoms with Gasteiger partial charge in [-0.1, -0.05) is 26.7 Å². The average molecular weight is 312 g/mol. The Morgan fingerprint density at radius 2 is 1.67 bits per heavy atom. The lowest BCUT2D eigenvalue weighted by molar-refractivity contribution is 0.488. The van der Waals surface area contributed by atoms with Crippen LogP contribution < -0.4 is 10.0 Å². The average Bonchev–Trinajstić information content (AvgIpc) is 2.38. The van der Waals surface area contributed by atoms with E-state index in [1.54, 1.807) is 24.3 Å². The maximum absolute atomic E-state index is 12.3. The Bertz CT molecular complexity index is 510. The van der Waals surface area contributed by atoms with Crippen molar-refractivity contribution in [3.63, 3.8) is 0 Å². The molecule has 0 spiro atoms. The van der Waals surface area contributed by atoms with Crippen molar-refractivity contribution in [1.82, 2.24) is 4.72 Å². The fourth-order valence-corrected chi connectivity index (χ4v) is 3.46. The van der Waals surface area contributed by atoms with Crippen LogP contribution in [0.4, 0.5) is 5.69 Å². The second-order valence-electron chi connectivity index (χ2n) is 5.90. The quantitative estimate of drug-likeness (QED) is 0.732. The summed E-state index contributed by atoms with van der Waals surface area (Å²) in [5.41, 5.74) is 0.932. The summed E-state index contributed by atoms with van der Waals surface area (Å²) in [7, 11) is -3.42. The summed E-state index contributed by atoms with van der Waals surface area (Å²) in [6, 6.07) is 6.83. The molecule has 2 N–H and O–H groups in total. The van der Waals surface area contributed by atoms with E-state index in [1.165, 1.54) is 0 Å². The first kappa shape index (κ1) is 18.0. The van der Waals surface area contributed by atoms with E-state index in [1.807, 2.05) is 13.8 Å². The van der Waals surface area contributed by atoms with Crippen LogP contribution in [0.3, 0.4) is 0 Å². The molecule has 5 heteroatoms. The van der Waals surface area contributed by atoms with Gasteiger partial charge in [0.05, 0.1) is 4.90 Å². The zero-order chi connectivity index (χ0) is 15.9. The zero-order valence-electron chi connectivity index (χ0n) is 13.5. The van der Waals surface area contributed by atoms with E-state index >= 15 is 0 Å². The minimum atomic E-state index is -3.42. The molecule has 0 saturated carbocycles. The maximum atomic E-state index is 12.3. The molecule has 0 aromatic heterocycles. The van der Waals surface area contributed by atoms with Crippen LogP contribution in [0.5, 0.6) is 0 Å². The highest BCUT2D eigenvalue weighted by Crippen LogP contribution is 2.15. The van der Waals surface area contributed by atoms with Crippen molar-refractivity contribution in [3.8, 4) is 0 Å². The predicted molar refractivity (Wildman–Crippen MR) is 89.1 cm³/mol. The highest BCUT2D eigenvalue weighted by atomic mass is 32.2. The highest BCUT2D eigenvalue weighted by molar-refractivity contribution is 7.89. The van der Waals surface area contributed by atoms with E-state index in [2.05, 4.69) is 23.9 Å².